The zero-order chi connectivity index (χ0) is 12.6. The van der Waals surface area contributed by atoms with Crippen molar-refractivity contribution in [3.05, 3.63) is 24.6 Å². The molecule has 1 atom stereocenters. The molecule has 0 aliphatic rings. The minimum atomic E-state index is -0.0640. The normalized spacial score (nSPS) is 12.5. The van der Waals surface area contributed by atoms with Crippen molar-refractivity contribution in [2.45, 2.75) is 26.3 Å². The van der Waals surface area contributed by atoms with E-state index in [1.54, 1.807) is 0 Å². The van der Waals surface area contributed by atoms with Gasteiger partial charge >= 0.3 is 0 Å². The molecular formula is C12H26N4. The zero-order valence-corrected chi connectivity index (χ0v) is 10.6. The maximum atomic E-state index is 6.04. The van der Waals surface area contributed by atoms with Crippen molar-refractivity contribution < 1.29 is 0 Å². The maximum absolute atomic E-state index is 6.04. The molecule has 0 saturated carbocycles. The fourth-order valence-electron chi connectivity index (χ4n) is 1.44. The molecule has 0 radical (unpaired) electrons. The number of nitrogens with zero attached hydrogens (tertiary/aromatic N) is 1. The van der Waals surface area contributed by atoms with Crippen molar-refractivity contribution in [1.29, 1.82) is 0 Å². The van der Waals surface area contributed by atoms with Crippen LogP contribution in [0.4, 0.5) is 0 Å². The standard InChI is InChI=1S/C12H26N4/c1-5-7-16(6-2)9-12(14)11(4)15-8-10(3)13/h12,15H,3-9,13-14H2,1-2H3. The Morgan fingerprint density at radius 3 is 2.44 bits per heavy atom. The van der Waals surface area contributed by atoms with Gasteiger partial charge in [-0.1, -0.05) is 27.0 Å². The van der Waals surface area contributed by atoms with E-state index in [0.717, 1.165) is 31.8 Å². The Bertz CT molecular complexity index is 225. The summed E-state index contributed by atoms with van der Waals surface area (Å²) in [4.78, 5) is 2.31. The Balaban J connectivity index is 3.97. The van der Waals surface area contributed by atoms with Crippen molar-refractivity contribution in [3.63, 3.8) is 0 Å². The molecule has 0 fully saturated rings. The van der Waals surface area contributed by atoms with Gasteiger partial charge in [-0.15, -0.1) is 0 Å². The van der Waals surface area contributed by atoms with Crippen molar-refractivity contribution in [1.82, 2.24) is 10.2 Å². The van der Waals surface area contributed by atoms with Crippen LogP contribution in [0.3, 0.4) is 0 Å². The average Bonchev–Trinajstić information content (AvgIpc) is 2.24. The van der Waals surface area contributed by atoms with Crippen molar-refractivity contribution >= 4 is 0 Å². The third-order valence-corrected chi connectivity index (χ3v) is 2.43. The third-order valence-electron chi connectivity index (χ3n) is 2.43. The van der Waals surface area contributed by atoms with Crippen molar-refractivity contribution in [2.24, 2.45) is 11.5 Å². The van der Waals surface area contributed by atoms with E-state index in [4.69, 9.17) is 11.5 Å². The molecule has 0 spiro atoms. The van der Waals surface area contributed by atoms with E-state index in [9.17, 15) is 0 Å². The van der Waals surface area contributed by atoms with E-state index >= 15 is 0 Å². The summed E-state index contributed by atoms with van der Waals surface area (Å²) >= 11 is 0. The summed E-state index contributed by atoms with van der Waals surface area (Å²) < 4.78 is 0. The summed E-state index contributed by atoms with van der Waals surface area (Å²) in [5.41, 5.74) is 12.9. The van der Waals surface area contributed by atoms with E-state index < -0.39 is 0 Å². The SMILES string of the molecule is C=C(N)CNC(=C)C(N)CN(CC)CCC. The van der Waals surface area contributed by atoms with Crippen LogP contribution in [-0.2, 0) is 0 Å². The van der Waals surface area contributed by atoms with Gasteiger partial charge in [0.1, 0.15) is 0 Å². The van der Waals surface area contributed by atoms with Gasteiger partial charge in [-0.3, -0.25) is 0 Å². The van der Waals surface area contributed by atoms with E-state index in [1.807, 2.05) is 0 Å². The molecule has 0 aliphatic carbocycles. The predicted octanol–water partition coefficient (Wildman–Crippen LogP) is 0.621. The molecule has 0 rings (SSSR count). The van der Waals surface area contributed by atoms with Gasteiger partial charge in [-0.05, 0) is 19.5 Å². The summed E-state index contributed by atoms with van der Waals surface area (Å²) in [7, 11) is 0. The van der Waals surface area contributed by atoms with E-state index in [-0.39, 0.29) is 6.04 Å². The molecule has 0 aromatic rings. The molecule has 0 saturated heterocycles. The molecule has 4 heteroatoms. The lowest BCUT2D eigenvalue weighted by molar-refractivity contribution is 0.277. The number of nitrogens with one attached hydrogen (secondary N) is 1. The minimum Gasteiger partial charge on any atom is -0.401 e. The summed E-state index contributed by atoms with van der Waals surface area (Å²) in [5, 5.41) is 3.08. The van der Waals surface area contributed by atoms with Crippen LogP contribution in [0.15, 0.2) is 24.6 Å². The van der Waals surface area contributed by atoms with Crippen LogP contribution in [0.1, 0.15) is 20.3 Å². The monoisotopic (exact) mass is 226 g/mol. The first-order chi connectivity index (χ1) is 7.51. The summed E-state index contributed by atoms with van der Waals surface area (Å²) in [6.45, 7) is 15.3. The number of hydrogen-bond acceptors (Lipinski definition) is 4. The molecule has 4 nitrogen and oxygen atoms in total. The van der Waals surface area contributed by atoms with Gasteiger partial charge in [0.25, 0.3) is 0 Å². The maximum Gasteiger partial charge on any atom is 0.0567 e. The lowest BCUT2D eigenvalue weighted by atomic mass is 10.2. The molecule has 5 N–H and O–H groups in total. The van der Waals surface area contributed by atoms with Crippen LogP contribution in [-0.4, -0.2) is 37.1 Å². The van der Waals surface area contributed by atoms with Gasteiger partial charge in [0.2, 0.25) is 0 Å². The summed E-state index contributed by atoms with van der Waals surface area (Å²) in [6, 6.07) is -0.0640. The Kier molecular flexibility index (Phi) is 7.68. The molecule has 94 valence electrons. The molecule has 0 amide bonds. The predicted molar refractivity (Wildman–Crippen MR) is 70.9 cm³/mol. The topological polar surface area (TPSA) is 67.3 Å². The quantitative estimate of drug-likeness (QED) is 0.539. The highest BCUT2D eigenvalue weighted by Gasteiger charge is 2.11. The first kappa shape index (κ1) is 15.0. The molecular weight excluding hydrogens is 200 g/mol. The van der Waals surface area contributed by atoms with Crippen LogP contribution >= 0.6 is 0 Å². The van der Waals surface area contributed by atoms with Gasteiger partial charge in [0, 0.05) is 17.9 Å². The summed E-state index contributed by atoms with van der Waals surface area (Å²) in [6.07, 6.45) is 1.14. The van der Waals surface area contributed by atoms with Crippen molar-refractivity contribution in [3.8, 4) is 0 Å². The third kappa shape index (κ3) is 6.48. The highest BCUT2D eigenvalue weighted by atomic mass is 15.1. The Morgan fingerprint density at radius 1 is 1.38 bits per heavy atom. The molecule has 0 aromatic heterocycles. The van der Waals surface area contributed by atoms with Gasteiger partial charge in [-0.2, -0.15) is 0 Å². The fourth-order valence-corrected chi connectivity index (χ4v) is 1.44. The highest BCUT2D eigenvalue weighted by molar-refractivity contribution is 5.06. The lowest BCUT2D eigenvalue weighted by Gasteiger charge is -2.25. The highest BCUT2D eigenvalue weighted by Crippen LogP contribution is 1.98. The second-order valence-corrected chi connectivity index (χ2v) is 4.04. The average molecular weight is 226 g/mol. The van der Waals surface area contributed by atoms with Crippen LogP contribution in [0.25, 0.3) is 0 Å². The second kappa shape index (κ2) is 8.19. The van der Waals surface area contributed by atoms with Gasteiger partial charge in [0.05, 0.1) is 12.6 Å². The molecule has 0 aromatic carbocycles. The Hall–Kier alpha value is -1.00. The van der Waals surface area contributed by atoms with E-state index in [2.05, 4.69) is 37.2 Å². The van der Waals surface area contributed by atoms with E-state index in [1.165, 1.54) is 0 Å². The van der Waals surface area contributed by atoms with Crippen LogP contribution < -0.4 is 16.8 Å². The van der Waals surface area contributed by atoms with Crippen LogP contribution in [0, 0.1) is 0 Å². The van der Waals surface area contributed by atoms with Crippen LogP contribution in [0.2, 0.25) is 0 Å². The van der Waals surface area contributed by atoms with Gasteiger partial charge in [-0.25, -0.2) is 0 Å². The molecule has 0 aliphatic heterocycles. The Morgan fingerprint density at radius 2 is 2.00 bits per heavy atom. The zero-order valence-electron chi connectivity index (χ0n) is 10.6. The minimum absolute atomic E-state index is 0.0640. The molecule has 1 unspecified atom stereocenters. The van der Waals surface area contributed by atoms with E-state index in [0.29, 0.717) is 12.2 Å². The number of likely N-dealkylation sites (N-methyl/N-ethyl adjacent to an activating group) is 1. The number of rotatable bonds is 9. The molecule has 0 bridgehead atoms. The second-order valence-electron chi connectivity index (χ2n) is 4.04. The number of nitrogens with two attached hydrogens (primary N) is 2. The fraction of sp³-hybridized carbons (Fsp3) is 0.667. The van der Waals surface area contributed by atoms with Crippen molar-refractivity contribution in [2.75, 3.05) is 26.2 Å². The summed E-state index contributed by atoms with van der Waals surface area (Å²) in [5.74, 6) is 0. The molecule has 16 heavy (non-hydrogen) atoms. The largest absolute Gasteiger partial charge is 0.401 e. The number of hydrogen-bond donors (Lipinski definition) is 3. The van der Waals surface area contributed by atoms with Gasteiger partial charge < -0.3 is 21.7 Å². The molecule has 0 heterocycles. The first-order valence-corrected chi connectivity index (χ1v) is 5.85. The van der Waals surface area contributed by atoms with Crippen LogP contribution in [0.5, 0.6) is 0 Å². The van der Waals surface area contributed by atoms with Gasteiger partial charge in [0.15, 0.2) is 0 Å². The Labute approximate surface area is 99.4 Å². The lowest BCUT2D eigenvalue weighted by Crippen LogP contribution is -2.42. The smallest absolute Gasteiger partial charge is 0.0567 e. The first-order valence-electron chi connectivity index (χ1n) is 5.85.